The Hall–Kier alpha value is -1.24. The fourth-order valence-electron chi connectivity index (χ4n) is 0.428. The van der Waals surface area contributed by atoms with Gasteiger partial charge in [0.2, 0.25) is 0 Å². The molecule has 90 valence electrons. The van der Waals surface area contributed by atoms with Crippen molar-refractivity contribution in [1.29, 1.82) is 0 Å². The molecule has 0 amide bonds. The molecule has 0 spiro atoms. The molecule has 15 heavy (non-hydrogen) atoms. The lowest BCUT2D eigenvalue weighted by Crippen LogP contribution is -1.90. The van der Waals surface area contributed by atoms with Gasteiger partial charge in [-0.1, -0.05) is 13.8 Å². The molecule has 0 aliphatic rings. The van der Waals surface area contributed by atoms with Crippen LogP contribution in [0.4, 0.5) is 0 Å². The largest absolute Gasteiger partial charge is 0.481 e. The van der Waals surface area contributed by atoms with Crippen LogP contribution >= 0.6 is 0 Å². The average Bonchev–Trinajstić information content (AvgIpc) is 2.05. The first-order chi connectivity index (χ1) is 6.95. The zero-order valence-electron chi connectivity index (χ0n) is 8.76. The molecule has 0 aromatic heterocycles. The van der Waals surface area contributed by atoms with E-state index in [0.29, 0.717) is 12.8 Å². The maximum absolute atomic E-state index is 9.60. The molecule has 0 atom stereocenters. The first-order valence-corrected chi connectivity index (χ1v) is 4.98. The number of hydrogen-bond acceptors (Lipinski definition) is 4. The maximum atomic E-state index is 9.60. The van der Waals surface area contributed by atoms with E-state index in [1.807, 2.05) is 13.8 Å². The Kier molecular flexibility index (Phi) is 23.9. The number of hydrogen-bond donors (Lipinski definition) is 2. The summed E-state index contributed by atoms with van der Waals surface area (Å²) in [5, 5.41) is 15.8. The van der Waals surface area contributed by atoms with Gasteiger partial charge in [0.15, 0.2) is 0 Å². The van der Waals surface area contributed by atoms with Crippen LogP contribution in [0.15, 0.2) is 0 Å². The van der Waals surface area contributed by atoms with Crippen molar-refractivity contribution in [2.24, 2.45) is 0 Å². The summed E-state index contributed by atoms with van der Waals surface area (Å²) < 4.78 is 16.6. The molecular formula is C8H16O6S. The molecule has 0 fully saturated rings. The predicted molar refractivity (Wildman–Crippen MR) is 54.0 cm³/mol. The van der Waals surface area contributed by atoms with Gasteiger partial charge in [-0.3, -0.25) is 9.59 Å². The second-order valence-corrected chi connectivity index (χ2v) is 2.49. The number of rotatable bonds is 4. The lowest BCUT2D eigenvalue weighted by molar-refractivity contribution is -0.138. The van der Waals surface area contributed by atoms with Crippen LogP contribution in [0.25, 0.3) is 0 Å². The van der Waals surface area contributed by atoms with Gasteiger partial charge in [0.05, 0.1) is 0 Å². The molecule has 0 heterocycles. The van der Waals surface area contributed by atoms with Crippen LogP contribution < -0.4 is 0 Å². The smallest absolute Gasteiger partial charge is 0.335 e. The van der Waals surface area contributed by atoms with E-state index in [4.69, 9.17) is 18.6 Å². The summed E-state index contributed by atoms with van der Waals surface area (Å²) in [6.07, 6.45) is 2.05. The lowest BCUT2D eigenvalue weighted by Gasteiger charge is -1.79. The van der Waals surface area contributed by atoms with Crippen molar-refractivity contribution in [3.8, 4) is 0 Å². The Balaban J connectivity index is -0.000000153. The molecule has 0 saturated heterocycles. The third-order valence-electron chi connectivity index (χ3n) is 0.928. The first-order valence-electron chi connectivity index (χ1n) is 4.31. The summed E-state index contributed by atoms with van der Waals surface area (Å²) in [4.78, 5) is 19.2. The molecule has 0 aromatic rings. The third-order valence-corrected chi connectivity index (χ3v) is 0.928. The molecule has 0 radical (unpaired) electrons. The molecule has 2 N–H and O–H groups in total. The highest BCUT2D eigenvalue weighted by Crippen LogP contribution is 1.82. The van der Waals surface area contributed by atoms with Crippen LogP contribution in [-0.4, -0.2) is 30.6 Å². The van der Waals surface area contributed by atoms with Gasteiger partial charge in [0.25, 0.3) is 0 Å². The normalized spacial score (nSPS) is 7.33. The summed E-state index contributed by atoms with van der Waals surface area (Å²) in [6, 6.07) is 0. The lowest BCUT2D eigenvalue weighted by atomic mass is 10.4. The highest BCUT2D eigenvalue weighted by molar-refractivity contribution is 7.51. The zero-order chi connectivity index (χ0) is 12.7. The summed E-state index contributed by atoms with van der Waals surface area (Å²) in [6.45, 7) is 3.68. The van der Waals surface area contributed by atoms with Gasteiger partial charge >= 0.3 is 23.5 Å². The van der Waals surface area contributed by atoms with E-state index in [0.717, 1.165) is 12.8 Å². The standard InChI is InChI=1S/2C4H8O2.O2S/c2*1-2-3-4(5)6;1-3-2/h2*2-3H2,1H3,(H,5,6);. The van der Waals surface area contributed by atoms with Crippen LogP contribution in [-0.2, 0) is 21.2 Å². The monoisotopic (exact) mass is 240 g/mol. The molecule has 0 rings (SSSR count). The van der Waals surface area contributed by atoms with Crippen LogP contribution in [0, 0.1) is 0 Å². The number of carboxylic acid groups (broad SMARTS) is 2. The van der Waals surface area contributed by atoms with E-state index in [1.165, 1.54) is 0 Å². The van der Waals surface area contributed by atoms with Gasteiger partial charge in [-0.2, -0.15) is 8.42 Å². The van der Waals surface area contributed by atoms with E-state index in [2.05, 4.69) is 0 Å². The Morgan fingerprint density at radius 2 is 1.13 bits per heavy atom. The maximum Gasteiger partial charge on any atom is 0.335 e. The van der Waals surface area contributed by atoms with Crippen molar-refractivity contribution in [2.45, 2.75) is 39.5 Å². The fourth-order valence-corrected chi connectivity index (χ4v) is 0.428. The summed E-state index contributed by atoms with van der Waals surface area (Å²) in [5.41, 5.74) is 0. The third kappa shape index (κ3) is 65.2. The number of carbonyl (C=O) groups is 2. The summed E-state index contributed by atoms with van der Waals surface area (Å²) in [5.74, 6) is -1.42. The minimum Gasteiger partial charge on any atom is -0.481 e. The fraction of sp³-hybridized carbons (Fsp3) is 0.750. The SMILES string of the molecule is CCCC(=O)O.CCCC(=O)O.O=S=O. The summed E-state index contributed by atoms with van der Waals surface area (Å²) in [7, 11) is 0. The highest BCUT2D eigenvalue weighted by Gasteiger charge is 1.88. The molecule has 6 nitrogen and oxygen atoms in total. The van der Waals surface area contributed by atoms with Gasteiger partial charge in [-0.15, -0.1) is 0 Å². The number of carboxylic acids is 2. The Labute approximate surface area is 91.9 Å². The van der Waals surface area contributed by atoms with Gasteiger partial charge < -0.3 is 10.2 Å². The van der Waals surface area contributed by atoms with Crippen molar-refractivity contribution >= 4 is 23.5 Å². The van der Waals surface area contributed by atoms with Crippen molar-refractivity contribution in [1.82, 2.24) is 0 Å². The Morgan fingerprint density at radius 1 is 0.933 bits per heavy atom. The van der Waals surface area contributed by atoms with Crippen LogP contribution in [0.2, 0.25) is 0 Å². The second-order valence-electron chi connectivity index (χ2n) is 2.36. The Morgan fingerprint density at radius 3 is 1.13 bits per heavy atom. The van der Waals surface area contributed by atoms with Crippen LogP contribution in [0.3, 0.4) is 0 Å². The topological polar surface area (TPSA) is 109 Å². The van der Waals surface area contributed by atoms with Gasteiger partial charge in [0.1, 0.15) is 0 Å². The summed E-state index contributed by atoms with van der Waals surface area (Å²) >= 11 is -0.750. The molecule has 0 aliphatic heterocycles. The van der Waals surface area contributed by atoms with E-state index in [-0.39, 0.29) is 0 Å². The highest BCUT2D eigenvalue weighted by atomic mass is 32.1. The zero-order valence-corrected chi connectivity index (χ0v) is 9.58. The van der Waals surface area contributed by atoms with Crippen molar-refractivity contribution in [2.75, 3.05) is 0 Å². The van der Waals surface area contributed by atoms with Crippen LogP contribution in [0.1, 0.15) is 39.5 Å². The first kappa shape index (κ1) is 19.4. The van der Waals surface area contributed by atoms with Crippen LogP contribution in [0.5, 0.6) is 0 Å². The number of aliphatic carboxylic acids is 2. The molecule has 0 unspecified atom stereocenters. The molecule has 0 aromatic carbocycles. The molecule has 0 bridgehead atoms. The van der Waals surface area contributed by atoms with Gasteiger partial charge in [-0.05, 0) is 12.8 Å². The van der Waals surface area contributed by atoms with Gasteiger partial charge in [0, 0.05) is 12.8 Å². The van der Waals surface area contributed by atoms with E-state index < -0.39 is 23.5 Å². The molecule has 0 aliphatic carbocycles. The minimum atomic E-state index is -0.750. The molecule has 0 saturated carbocycles. The molecule has 7 heteroatoms. The minimum absolute atomic E-state index is 0.292. The second kappa shape index (κ2) is 18.5. The van der Waals surface area contributed by atoms with E-state index in [9.17, 15) is 9.59 Å². The van der Waals surface area contributed by atoms with Gasteiger partial charge in [-0.25, -0.2) is 0 Å². The van der Waals surface area contributed by atoms with Crippen molar-refractivity contribution in [3.05, 3.63) is 0 Å². The van der Waals surface area contributed by atoms with Crippen molar-refractivity contribution in [3.63, 3.8) is 0 Å². The average molecular weight is 240 g/mol. The van der Waals surface area contributed by atoms with E-state index in [1.54, 1.807) is 0 Å². The van der Waals surface area contributed by atoms with Crippen molar-refractivity contribution < 1.29 is 28.2 Å². The van der Waals surface area contributed by atoms with E-state index >= 15 is 0 Å². The Bertz CT molecular complexity index is 181. The quantitative estimate of drug-likeness (QED) is 0.760. The molecular weight excluding hydrogens is 224 g/mol. The predicted octanol–water partition coefficient (Wildman–Crippen LogP) is 1.07.